The Morgan fingerprint density at radius 1 is 1.28 bits per heavy atom. The molecule has 0 saturated heterocycles. The molecular formula is C13H12O5. The van der Waals surface area contributed by atoms with Crippen LogP contribution in [0.5, 0.6) is 5.75 Å². The molecule has 1 aromatic rings. The third-order valence-corrected chi connectivity index (χ3v) is 2.09. The summed E-state index contributed by atoms with van der Waals surface area (Å²) < 4.78 is 8.94. The number of benzene rings is 1. The summed E-state index contributed by atoms with van der Waals surface area (Å²) in [6.07, 6.45) is -0.0368. The summed E-state index contributed by atoms with van der Waals surface area (Å²) in [5.41, 5.74) is 0.527. The largest absolute Gasteiger partial charge is 0.507 e. The molecule has 0 unspecified atom stereocenters. The average Bonchev–Trinajstić information content (AvgIpc) is 2.39. The fraction of sp³-hybridized carbons (Fsp3) is 0.231. The van der Waals surface area contributed by atoms with Gasteiger partial charge < -0.3 is 14.6 Å². The molecule has 0 aliphatic carbocycles. The first-order valence-electron chi connectivity index (χ1n) is 5.05. The first-order valence-corrected chi connectivity index (χ1v) is 5.05. The number of hydrogen-bond acceptors (Lipinski definition) is 5. The number of hydrogen-bond donors (Lipinski definition) is 1. The number of esters is 2. The number of carbonyl (C=O) groups is 2. The number of carbonyl (C=O) groups excluding carboxylic acids is 2. The van der Waals surface area contributed by atoms with Crippen molar-refractivity contribution in [3.8, 4) is 17.6 Å². The molecule has 0 fully saturated rings. The van der Waals surface area contributed by atoms with Crippen LogP contribution in [0, 0.1) is 11.8 Å². The van der Waals surface area contributed by atoms with Crippen molar-refractivity contribution in [3.63, 3.8) is 0 Å². The standard InChI is InChI=1S/C13H12O5/c1-17-12(15)5-3-4-9-6-7-11(14)10(8-9)13(16)18-2/h6-8,14H,5H2,1-2H3. The second-order valence-corrected chi connectivity index (χ2v) is 3.28. The van der Waals surface area contributed by atoms with Gasteiger partial charge in [-0.05, 0) is 18.2 Å². The Morgan fingerprint density at radius 3 is 2.61 bits per heavy atom. The van der Waals surface area contributed by atoms with E-state index in [1.165, 1.54) is 32.4 Å². The van der Waals surface area contributed by atoms with Gasteiger partial charge >= 0.3 is 11.9 Å². The maximum absolute atomic E-state index is 11.3. The first-order chi connectivity index (χ1) is 8.58. The highest BCUT2D eigenvalue weighted by Gasteiger charge is 2.11. The molecule has 1 aromatic carbocycles. The number of methoxy groups -OCH3 is 2. The highest BCUT2D eigenvalue weighted by Crippen LogP contribution is 2.18. The number of aromatic hydroxyl groups is 1. The summed E-state index contributed by atoms with van der Waals surface area (Å²) in [7, 11) is 2.50. The Hall–Kier alpha value is -2.48. The van der Waals surface area contributed by atoms with Crippen LogP contribution >= 0.6 is 0 Å². The van der Waals surface area contributed by atoms with Crippen molar-refractivity contribution < 1.29 is 24.2 Å². The average molecular weight is 248 g/mol. The molecule has 1 rings (SSSR count). The van der Waals surface area contributed by atoms with E-state index in [2.05, 4.69) is 21.3 Å². The van der Waals surface area contributed by atoms with Gasteiger partial charge in [-0.15, -0.1) is 0 Å². The van der Waals surface area contributed by atoms with Crippen molar-refractivity contribution in [1.29, 1.82) is 0 Å². The van der Waals surface area contributed by atoms with Crippen molar-refractivity contribution in [2.24, 2.45) is 0 Å². The Morgan fingerprint density at radius 2 is 2.00 bits per heavy atom. The van der Waals surface area contributed by atoms with Gasteiger partial charge in [0.25, 0.3) is 0 Å². The van der Waals surface area contributed by atoms with Gasteiger partial charge in [-0.3, -0.25) is 4.79 Å². The smallest absolute Gasteiger partial charge is 0.341 e. The van der Waals surface area contributed by atoms with E-state index in [0.717, 1.165) is 0 Å². The van der Waals surface area contributed by atoms with Crippen LogP contribution in [0.25, 0.3) is 0 Å². The lowest BCUT2D eigenvalue weighted by atomic mass is 10.1. The SMILES string of the molecule is COC(=O)CC#Cc1ccc(O)c(C(=O)OC)c1. The van der Waals surface area contributed by atoms with E-state index in [1.54, 1.807) is 0 Å². The Balaban J connectivity index is 2.92. The van der Waals surface area contributed by atoms with Crippen LogP contribution in [0.1, 0.15) is 22.3 Å². The molecule has 1 N–H and O–H groups in total. The molecule has 0 heterocycles. The van der Waals surface area contributed by atoms with Gasteiger partial charge in [0.1, 0.15) is 17.7 Å². The van der Waals surface area contributed by atoms with E-state index in [-0.39, 0.29) is 17.7 Å². The second kappa shape index (κ2) is 6.30. The summed E-state index contributed by atoms with van der Waals surface area (Å²) in [6.45, 7) is 0. The van der Waals surface area contributed by atoms with Gasteiger partial charge in [0.2, 0.25) is 0 Å². The Kier molecular flexibility index (Phi) is 4.76. The maximum atomic E-state index is 11.3. The van der Waals surface area contributed by atoms with Gasteiger partial charge in [0.15, 0.2) is 0 Å². The molecule has 5 heteroatoms. The van der Waals surface area contributed by atoms with Crippen LogP contribution in [0.4, 0.5) is 0 Å². The van der Waals surface area contributed by atoms with E-state index in [1.807, 2.05) is 0 Å². The lowest BCUT2D eigenvalue weighted by Crippen LogP contribution is -2.01. The lowest BCUT2D eigenvalue weighted by Gasteiger charge is -2.02. The number of phenols is 1. The van der Waals surface area contributed by atoms with E-state index in [0.29, 0.717) is 5.56 Å². The molecule has 0 bridgehead atoms. The van der Waals surface area contributed by atoms with Crippen LogP contribution in [0.3, 0.4) is 0 Å². The molecule has 0 radical (unpaired) electrons. The summed E-state index contributed by atoms with van der Waals surface area (Å²) >= 11 is 0. The molecule has 0 saturated carbocycles. The normalized spacial score (nSPS) is 9.00. The van der Waals surface area contributed by atoms with Gasteiger partial charge in [0.05, 0.1) is 14.2 Å². The fourth-order valence-corrected chi connectivity index (χ4v) is 1.18. The van der Waals surface area contributed by atoms with Crippen LogP contribution < -0.4 is 0 Å². The maximum Gasteiger partial charge on any atom is 0.341 e. The Bertz CT molecular complexity index is 522. The summed E-state index contributed by atoms with van der Waals surface area (Å²) in [5, 5.41) is 9.47. The monoisotopic (exact) mass is 248 g/mol. The molecular weight excluding hydrogens is 236 g/mol. The number of phenolic OH excluding ortho intramolecular Hbond substituents is 1. The highest BCUT2D eigenvalue weighted by atomic mass is 16.5. The molecule has 0 spiro atoms. The van der Waals surface area contributed by atoms with Gasteiger partial charge in [-0.1, -0.05) is 11.8 Å². The van der Waals surface area contributed by atoms with Crippen LogP contribution in [0.2, 0.25) is 0 Å². The molecule has 0 aromatic heterocycles. The fourth-order valence-electron chi connectivity index (χ4n) is 1.18. The third kappa shape index (κ3) is 3.52. The van der Waals surface area contributed by atoms with Crippen molar-refractivity contribution >= 4 is 11.9 Å². The van der Waals surface area contributed by atoms with Crippen LogP contribution in [-0.2, 0) is 14.3 Å². The molecule has 18 heavy (non-hydrogen) atoms. The zero-order valence-corrected chi connectivity index (χ0v) is 10.0. The summed E-state index contributed by atoms with van der Waals surface area (Å²) in [4.78, 5) is 22.1. The van der Waals surface area contributed by atoms with Gasteiger partial charge in [-0.2, -0.15) is 0 Å². The quantitative estimate of drug-likeness (QED) is 0.626. The van der Waals surface area contributed by atoms with Crippen LogP contribution in [-0.4, -0.2) is 31.3 Å². The summed E-state index contributed by atoms with van der Waals surface area (Å²) in [5.74, 6) is 4.02. The van der Waals surface area contributed by atoms with Crippen molar-refractivity contribution in [3.05, 3.63) is 29.3 Å². The predicted molar refractivity (Wildman–Crippen MR) is 63.0 cm³/mol. The second-order valence-electron chi connectivity index (χ2n) is 3.28. The molecule has 5 nitrogen and oxygen atoms in total. The molecule has 0 aliphatic heterocycles. The Labute approximate surface area is 104 Å². The van der Waals surface area contributed by atoms with E-state index >= 15 is 0 Å². The lowest BCUT2D eigenvalue weighted by molar-refractivity contribution is -0.139. The zero-order valence-electron chi connectivity index (χ0n) is 10.0. The zero-order chi connectivity index (χ0) is 13.5. The van der Waals surface area contributed by atoms with Crippen molar-refractivity contribution in [2.75, 3.05) is 14.2 Å². The van der Waals surface area contributed by atoms with Gasteiger partial charge in [0, 0.05) is 5.56 Å². The third-order valence-electron chi connectivity index (χ3n) is 2.09. The van der Waals surface area contributed by atoms with Crippen molar-refractivity contribution in [2.45, 2.75) is 6.42 Å². The summed E-state index contributed by atoms with van der Waals surface area (Å²) in [6, 6.07) is 4.27. The van der Waals surface area contributed by atoms with E-state index in [4.69, 9.17) is 0 Å². The first kappa shape index (κ1) is 13.6. The molecule has 94 valence electrons. The highest BCUT2D eigenvalue weighted by molar-refractivity contribution is 5.92. The van der Waals surface area contributed by atoms with Gasteiger partial charge in [-0.25, -0.2) is 4.79 Å². The predicted octanol–water partition coefficient (Wildman–Crippen LogP) is 1.09. The van der Waals surface area contributed by atoms with Crippen LogP contribution in [0.15, 0.2) is 18.2 Å². The number of ether oxygens (including phenoxy) is 2. The molecule has 0 amide bonds. The minimum absolute atomic E-state index is 0.0300. The van der Waals surface area contributed by atoms with E-state index in [9.17, 15) is 14.7 Å². The minimum atomic E-state index is -0.649. The molecule has 0 atom stereocenters. The minimum Gasteiger partial charge on any atom is -0.507 e. The number of rotatable bonds is 2. The molecule has 0 aliphatic rings. The topological polar surface area (TPSA) is 72.8 Å². The van der Waals surface area contributed by atoms with Crippen molar-refractivity contribution in [1.82, 2.24) is 0 Å². The van der Waals surface area contributed by atoms with E-state index < -0.39 is 11.9 Å².